The minimum atomic E-state index is -1.17. The van der Waals surface area contributed by atoms with Crippen molar-refractivity contribution in [2.45, 2.75) is 5.41 Å². The Labute approximate surface area is 172 Å². The highest BCUT2D eigenvalue weighted by atomic mass is 16.3. The molecule has 6 rings (SSSR count). The predicted molar refractivity (Wildman–Crippen MR) is 119 cm³/mol. The second-order valence-electron chi connectivity index (χ2n) is 7.69. The summed E-state index contributed by atoms with van der Waals surface area (Å²) in [5, 5.41) is 12.7. The van der Waals surface area contributed by atoms with Gasteiger partial charge in [0.1, 0.15) is 5.41 Å². The number of allylic oxidation sites excluding steroid dienone is 1. The summed E-state index contributed by atoms with van der Waals surface area (Å²) in [5.41, 5.74) is 4.10. The van der Waals surface area contributed by atoms with Crippen LogP contribution in [0.25, 0.3) is 27.9 Å². The Balaban J connectivity index is 1.84. The topological polar surface area (TPSA) is 68.9 Å². The van der Waals surface area contributed by atoms with Gasteiger partial charge >= 0.3 is 0 Å². The zero-order valence-corrected chi connectivity index (χ0v) is 16.0. The smallest absolute Gasteiger partial charge is 0.216 e. The molecule has 4 nitrogen and oxygen atoms in total. The number of benzene rings is 3. The number of aromatic amines is 2. The van der Waals surface area contributed by atoms with Gasteiger partial charge in [0.2, 0.25) is 5.78 Å². The molecule has 0 radical (unpaired) electrons. The van der Waals surface area contributed by atoms with Crippen LogP contribution in [0, 0.1) is 0 Å². The fraction of sp³-hybridized carbons (Fsp3) is 0.0385. The second kappa shape index (κ2) is 5.97. The quantitative estimate of drug-likeness (QED) is 0.374. The molecule has 0 bridgehead atoms. The van der Waals surface area contributed by atoms with E-state index in [0.29, 0.717) is 0 Å². The van der Waals surface area contributed by atoms with E-state index in [1.165, 1.54) is 0 Å². The second-order valence-corrected chi connectivity index (χ2v) is 7.69. The maximum absolute atomic E-state index is 13.9. The minimum Gasteiger partial charge on any atom is -0.504 e. The summed E-state index contributed by atoms with van der Waals surface area (Å²) in [4.78, 5) is 20.6. The van der Waals surface area contributed by atoms with Gasteiger partial charge in [-0.25, -0.2) is 0 Å². The van der Waals surface area contributed by atoms with Crippen LogP contribution in [0.15, 0.2) is 90.9 Å². The number of hydrogen-bond donors (Lipinski definition) is 3. The highest BCUT2D eigenvalue weighted by molar-refractivity contribution is 6.16. The minimum absolute atomic E-state index is 0.232. The molecule has 0 aliphatic heterocycles. The van der Waals surface area contributed by atoms with Crippen LogP contribution in [0.5, 0.6) is 0 Å². The first kappa shape index (κ1) is 16.9. The third kappa shape index (κ3) is 2.02. The summed E-state index contributed by atoms with van der Waals surface area (Å²) in [7, 11) is 0. The van der Waals surface area contributed by atoms with E-state index >= 15 is 0 Å². The van der Waals surface area contributed by atoms with Crippen LogP contribution >= 0.6 is 0 Å². The third-order valence-electron chi connectivity index (χ3n) is 6.22. The van der Waals surface area contributed by atoms with Crippen LogP contribution < -0.4 is 0 Å². The number of fused-ring (bicyclic) bond motifs is 3. The Morgan fingerprint density at radius 1 is 0.667 bits per heavy atom. The van der Waals surface area contributed by atoms with E-state index in [1.54, 1.807) is 6.08 Å². The lowest BCUT2D eigenvalue weighted by molar-refractivity contribution is -0.120. The number of carbonyl (C=O) groups is 1. The molecule has 4 heteroatoms. The lowest BCUT2D eigenvalue weighted by Gasteiger charge is -2.36. The maximum Gasteiger partial charge on any atom is 0.216 e. The van der Waals surface area contributed by atoms with E-state index in [4.69, 9.17) is 0 Å². The zero-order valence-electron chi connectivity index (χ0n) is 16.0. The van der Waals surface area contributed by atoms with Crippen LogP contribution in [0.3, 0.4) is 0 Å². The standard InChI is InChI=1S/C26H18N2O2/c29-24-13-16-7-1-4-10-19(16)26(25(24)30,20-14-27-22-11-5-2-8-17(20)22)21-15-28-23-12-6-3-9-18(21)23/h1-15,27-29H. The van der Waals surface area contributed by atoms with Crippen molar-refractivity contribution >= 4 is 33.7 Å². The Kier molecular flexibility index (Phi) is 3.36. The Morgan fingerprint density at radius 2 is 1.20 bits per heavy atom. The SMILES string of the molecule is O=C1C(O)=Cc2ccccc2C1(c1c[nH]c2ccccc12)c1c[nH]c2ccccc12. The average Bonchev–Trinajstić information content (AvgIpc) is 3.40. The molecule has 144 valence electrons. The van der Waals surface area contributed by atoms with Gasteiger partial charge in [-0.05, 0) is 29.3 Å². The van der Waals surface area contributed by atoms with Crippen LogP contribution in [-0.4, -0.2) is 20.9 Å². The number of hydrogen-bond acceptors (Lipinski definition) is 2. The van der Waals surface area contributed by atoms with E-state index in [2.05, 4.69) is 9.97 Å². The highest BCUT2D eigenvalue weighted by Crippen LogP contribution is 2.49. The van der Waals surface area contributed by atoms with Gasteiger partial charge in [0.05, 0.1) is 0 Å². The summed E-state index contributed by atoms with van der Waals surface area (Å²) in [6.07, 6.45) is 5.37. The molecule has 0 amide bonds. The van der Waals surface area contributed by atoms with Crippen molar-refractivity contribution in [3.8, 4) is 0 Å². The van der Waals surface area contributed by atoms with Crippen molar-refractivity contribution in [1.82, 2.24) is 9.97 Å². The van der Waals surface area contributed by atoms with Crippen molar-refractivity contribution in [1.29, 1.82) is 0 Å². The number of carbonyl (C=O) groups excluding carboxylic acids is 1. The van der Waals surface area contributed by atoms with Crippen molar-refractivity contribution in [3.63, 3.8) is 0 Å². The lowest BCUT2D eigenvalue weighted by Crippen LogP contribution is -2.41. The Bertz CT molecular complexity index is 1410. The van der Waals surface area contributed by atoms with Crippen LogP contribution in [0.4, 0.5) is 0 Å². The van der Waals surface area contributed by atoms with Crippen molar-refractivity contribution in [2.75, 3.05) is 0 Å². The molecule has 0 spiro atoms. The number of aromatic nitrogens is 2. The summed E-state index contributed by atoms with van der Waals surface area (Å²) < 4.78 is 0. The zero-order chi connectivity index (χ0) is 20.3. The predicted octanol–water partition coefficient (Wildman–Crippen LogP) is 5.47. The first-order valence-electron chi connectivity index (χ1n) is 9.89. The van der Waals surface area contributed by atoms with Crippen molar-refractivity contribution < 1.29 is 9.90 Å². The molecular weight excluding hydrogens is 372 g/mol. The summed E-state index contributed by atoms with van der Waals surface area (Å²) in [6, 6.07) is 23.7. The number of rotatable bonds is 2. The number of para-hydroxylation sites is 2. The normalized spacial score (nSPS) is 15.3. The molecule has 0 atom stereocenters. The fourth-order valence-corrected chi connectivity index (χ4v) is 4.94. The van der Waals surface area contributed by atoms with Gasteiger partial charge in [-0.2, -0.15) is 0 Å². The molecule has 2 heterocycles. The molecule has 0 unspecified atom stereocenters. The van der Waals surface area contributed by atoms with Gasteiger partial charge in [-0.15, -0.1) is 0 Å². The summed E-state index contributed by atoms with van der Waals surface area (Å²) >= 11 is 0. The molecule has 1 aliphatic rings. The third-order valence-corrected chi connectivity index (χ3v) is 6.22. The maximum atomic E-state index is 13.9. The number of aliphatic hydroxyl groups excluding tert-OH is 1. The van der Waals surface area contributed by atoms with E-state index in [0.717, 1.165) is 44.1 Å². The first-order chi connectivity index (χ1) is 14.7. The molecule has 0 saturated heterocycles. The average molecular weight is 390 g/mol. The van der Waals surface area contributed by atoms with E-state index in [9.17, 15) is 9.90 Å². The lowest BCUT2D eigenvalue weighted by atomic mass is 9.63. The van der Waals surface area contributed by atoms with E-state index in [-0.39, 0.29) is 11.5 Å². The van der Waals surface area contributed by atoms with Gasteiger partial charge in [-0.3, -0.25) is 4.79 Å². The highest BCUT2D eigenvalue weighted by Gasteiger charge is 2.50. The molecular formula is C26H18N2O2. The number of nitrogens with one attached hydrogen (secondary N) is 2. The molecule has 1 aliphatic carbocycles. The Hall–Kier alpha value is -4.05. The van der Waals surface area contributed by atoms with E-state index in [1.807, 2.05) is 85.2 Å². The fourth-order valence-electron chi connectivity index (χ4n) is 4.94. The van der Waals surface area contributed by atoms with Crippen LogP contribution in [-0.2, 0) is 10.2 Å². The molecule has 5 aromatic rings. The molecule has 2 aromatic heterocycles. The molecule has 30 heavy (non-hydrogen) atoms. The van der Waals surface area contributed by atoms with Crippen molar-refractivity contribution in [2.24, 2.45) is 0 Å². The van der Waals surface area contributed by atoms with Gasteiger partial charge in [0.25, 0.3) is 0 Å². The number of H-pyrrole nitrogens is 2. The molecule has 3 aromatic carbocycles. The Morgan fingerprint density at radius 3 is 1.83 bits per heavy atom. The van der Waals surface area contributed by atoms with E-state index < -0.39 is 5.41 Å². The van der Waals surface area contributed by atoms with Crippen LogP contribution in [0.1, 0.15) is 22.3 Å². The summed E-state index contributed by atoms with van der Waals surface area (Å²) in [6.45, 7) is 0. The van der Waals surface area contributed by atoms with Gasteiger partial charge in [0, 0.05) is 45.3 Å². The molecule has 0 saturated carbocycles. The molecule has 3 N–H and O–H groups in total. The van der Waals surface area contributed by atoms with Gasteiger partial charge in [0.15, 0.2) is 5.76 Å². The van der Waals surface area contributed by atoms with Crippen molar-refractivity contribution in [3.05, 3.63) is 113 Å². The first-order valence-corrected chi connectivity index (χ1v) is 9.89. The largest absolute Gasteiger partial charge is 0.504 e. The monoisotopic (exact) mass is 390 g/mol. The number of aliphatic hydroxyl groups is 1. The summed E-state index contributed by atoms with van der Waals surface area (Å²) in [5.74, 6) is -0.556. The van der Waals surface area contributed by atoms with Gasteiger partial charge < -0.3 is 15.1 Å². The molecule has 0 fully saturated rings. The number of Topliss-reactive ketones (excluding diaryl/α,β-unsaturated/α-hetero) is 1. The van der Waals surface area contributed by atoms with Crippen LogP contribution in [0.2, 0.25) is 0 Å². The number of ketones is 1. The van der Waals surface area contributed by atoms with Gasteiger partial charge in [-0.1, -0.05) is 60.7 Å².